The van der Waals surface area contributed by atoms with Gasteiger partial charge in [-0.05, 0) is 19.1 Å². The minimum absolute atomic E-state index is 0.0479. The lowest BCUT2D eigenvalue weighted by Gasteiger charge is -2.37. The summed E-state index contributed by atoms with van der Waals surface area (Å²) in [5, 5.41) is 0. The highest BCUT2D eigenvalue weighted by Crippen LogP contribution is 2.15. The summed E-state index contributed by atoms with van der Waals surface area (Å²) in [6.07, 6.45) is 1.21. The van der Waals surface area contributed by atoms with Gasteiger partial charge in [0.05, 0.1) is 6.26 Å². The van der Waals surface area contributed by atoms with Crippen molar-refractivity contribution in [2.24, 2.45) is 0 Å². The third kappa shape index (κ3) is 4.77. The Morgan fingerprint density at radius 2 is 1.75 bits per heavy atom. The van der Waals surface area contributed by atoms with Crippen LogP contribution in [0.2, 0.25) is 0 Å². The third-order valence-electron chi connectivity index (χ3n) is 3.44. The number of anilines is 1. The fraction of sp³-hybridized carbons (Fsp3) is 0.571. The maximum absolute atomic E-state index is 11.2. The number of hydrogen-bond donors (Lipinski definition) is 1. The molecule has 1 aromatic rings. The summed E-state index contributed by atoms with van der Waals surface area (Å²) in [6.45, 7) is 6.56. The third-order valence-corrected chi connectivity index (χ3v) is 4.27. The summed E-state index contributed by atoms with van der Waals surface area (Å²) in [7, 11) is -3.11. The summed E-state index contributed by atoms with van der Waals surface area (Å²) in [5.74, 6) is 0. The molecule has 1 fully saturated rings. The van der Waals surface area contributed by atoms with Crippen molar-refractivity contribution in [2.45, 2.75) is 13.0 Å². The molecule has 0 aliphatic carbocycles. The number of nitrogens with one attached hydrogen (secondary N) is 1. The first-order chi connectivity index (χ1) is 9.44. The van der Waals surface area contributed by atoms with Gasteiger partial charge in [-0.1, -0.05) is 18.2 Å². The summed E-state index contributed by atoms with van der Waals surface area (Å²) < 4.78 is 25.0. The first-order valence-electron chi connectivity index (χ1n) is 6.94. The Bertz CT molecular complexity index is 510. The Hall–Kier alpha value is -1.11. The molecule has 1 heterocycles. The van der Waals surface area contributed by atoms with Gasteiger partial charge < -0.3 is 4.90 Å². The normalized spacial score (nSPS) is 19.0. The molecule has 2 rings (SSSR count). The van der Waals surface area contributed by atoms with Crippen molar-refractivity contribution in [3.8, 4) is 0 Å². The molecule has 1 N–H and O–H groups in total. The van der Waals surface area contributed by atoms with Gasteiger partial charge in [-0.25, -0.2) is 13.1 Å². The largest absolute Gasteiger partial charge is 0.369 e. The first-order valence-corrected chi connectivity index (χ1v) is 8.83. The van der Waals surface area contributed by atoms with Gasteiger partial charge in [0, 0.05) is 44.5 Å². The average Bonchev–Trinajstić information content (AvgIpc) is 2.38. The van der Waals surface area contributed by atoms with Crippen LogP contribution in [0.1, 0.15) is 6.92 Å². The zero-order valence-corrected chi connectivity index (χ0v) is 12.9. The second kappa shape index (κ2) is 6.56. The molecule has 0 saturated carbocycles. The van der Waals surface area contributed by atoms with Crippen molar-refractivity contribution in [2.75, 3.05) is 43.9 Å². The van der Waals surface area contributed by atoms with Crippen LogP contribution in [-0.2, 0) is 10.0 Å². The molecule has 1 aliphatic heterocycles. The zero-order chi connectivity index (χ0) is 14.6. The molecular formula is C14H23N3O2S. The highest BCUT2D eigenvalue weighted by molar-refractivity contribution is 7.88. The maximum Gasteiger partial charge on any atom is 0.208 e. The van der Waals surface area contributed by atoms with Crippen molar-refractivity contribution in [3.63, 3.8) is 0 Å². The minimum Gasteiger partial charge on any atom is -0.369 e. The molecule has 1 aromatic carbocycles. The van der Waals surface area contributed by atoms with E-state index in [9.17, 15) is 8.42 Å². The van der Waals surface area contributed by atoms with Crippen LogP contribution >= 0.6 is 0 Å². The highest BCUT2D eigenvalue weighted by atomic mass is 32.2. The Morgan fingerprint density at radius 3 is 2.30 bits per heavy atom. The monoisotopic (exact) mass is 297 g/mol. The number of para-hydroxylation sites is 1. The van der Waals surface area contributed by atoms with E-state index in [0.29, 0.717) is 0 Å². The summed E-state index contributed by atoms with van der Waals surface area (Å²) in [4.78, 5) is 4.67. The van der Waals surface area contributed by atoms with Crippen molar-refractivity contribution in [1.82, 2.24) is 9.62 Å². The van der Waals surface area contributed by atoms with E-state index in [2.05, 4.69) is 38.8 Å². The standard InChI is InChI=1S/C14H23N3O2S/c1-13(15-20(2,18)19)12-16-8-10-17(11-9-16)14-6-4-3-5-7-14/h3-7,13,15H,8-12H2,1-2H3/t13-/m1/s1. The highest BCUT2D eigenvalue weighted by Gasteiger charge is 2.19. The van der Waals surface area contributed by atoms with Crippen LogP contribution in [-0.4, -0.2) is 58.3 Å². The Kier molecular flexibility index (Phi) is 5.01. The Labute approximate surface area is 121 Å². The van der Waals surface area contributed by atoms with Gasteiger partial charge in [0.15, 0.2) is 0 Å². The van der Waals surface area contributed by atoms with Gasteiger partial charge in [-0.15, -0.1) is 0 Å². The van der Waals surface area contributed by atoms with E-state index >= 15 is 0 Å². The van der Waals surface area contributed by atoms with Gasteiger partial charge in [0.25, 0.3) is 0 Å². The predicted octanol–water partition coefficient (Wildman–Crippen LogP) is 0.746. The van der Waals surface area contributed by atoms with Crippen LogP contribution in [0.5, 0.6) is 0 Å². The smallest absolute Gasteiger partial charge is 0.208 e. The molecule has 1 saturated heterocycles. The van der Waals surface area contributed by atoms with Gasteiger partial charge in [0.1, 0.15) is 0 Å². The van der Waals surface area contributed by atoms with Gasteiger partial charge in [-0.3, -0.25) is 4.90 Å². The van der Waals surface area contributed by atoms with E-state index in [1.165, 1.54) is 11.9 Å². The van der Waals surface area contributed by atoms with E-state index in [0.717, 1.165) is 32.7 Å². The zero-order valence-electron chi connectivity index (χ0n) is 12.1. The number of rotatable bonds is 5. The Morgan fingerprint density at radius 1 is 1.15 bits per heavy atom. The molecule has 1 aliphatic rings. The molecule has 5 nitrogen and oxygen atoms in total. The topological polar surface area (TPSA) is 52.6 Å². The number of benzene rings is 1. The number of piperazine rings is 1. The number of sulfonamides is 1. The second-order valence-electron chi connectivity index (χ2n) is 5.41. The van der Waals surface area contributed by atoms with E-state index in [4.69, 9.17) is 0 Å². The van der Waals surface area contributed by atoms with Crippen molar-refractivity contribution in [3.05, 3.63) is 30.3 Å². The average molecular weight is 297 g/mol. The quantitative estimate of drug-likeness (QED) is 0.871. The molecule has 6 heteroatoms. The molecule has 0 radical (unpaired) electrons. The molecule has 0 unspecified atom stereocenters. The van der Waals surface area contributed by atoms with Crippen LogP contribution in [0, 0.1) is 0 Å². The van der Waals surface area contributed by atoms with E-state index in [1.54, 1.807) is 0 Å². The number of hydrogen-bond acceptors (Lipinski definition) is 4. The van der Waals surface area contributed by atoms with Gasteiger partial charge in [-0.2, -0.15) is 0 Å². The molecule has 0 spiro atoms. The lowest BCUT2D eigenvalue weighted by Crippen LogP contribution is -2.50. The lowest BCUT2D eigenvalue weighted by molar-refractivity contribution is 0.242. The predicted molar refractivity (Wildman–Crippen MR) is 82.5 cm³/mol. The maximum atomic E-state index is 11.2. The summed E-state index contributed by atoms with van der Waals surface area (Å²) >= 11 is 0. The van der Waals surface area contributed by atoms with Gasteiger partial charge >= 0.3 is 0 Å². The Balaban J connectivity index is 1.80. The minimum atomic E-state index is -3.11. The molecule has 20 heavy (non-hydrogen) atoms. The van der Waals surface area contributed by atoms with Crippen LogP contribution in [0.15, 0.2) is 30.3 Å². The fourth-order valence-electron chi connectivity index (χ4n) is 2.62. The van der Waals surface area contributed by atoms with E-state index < -0.39 is 10.0 Å². The molecule has 0 bridgehead atoms. The summed E-state index contributed by atoms with van der Waals surface area (Å²) in [6, 6.07) is 10.3. The fourth-order valence-corrected chi connectivity index (χ4v) is 3.42. The van der Waals surface area contributed by atoms with Crippen molar-refractivity contribution in [1.29, 1.82) is 0 Å². The van der Waals surface area contributed by atoms with E-state index in [-0.39, 0.29) is 6.04 Å². The molecule has 1 atom stereocenters. The molecule has 0 amide bonds. The van der Waals surface area contributed by atoms with Crippen molar-refractivity contribution >= 4 is 15.7 Å². The molecular weight excluding hydrogens is 274 g/mol. The van der Waals surface area contributed by atoms with Crippen LogP contribution in [0.3, 0.4) is 0 Å². The van der Waals surface area contributed by atoms with Crippen LogP contribution < -0.4 is 9.62 Å². The van der Waals surface area contributed by atoms with Gasteiger partial charge in [0.2, 0.25) is 10.0 Å². The SMILES string of the molecule is C[C@H](CN1CCN(c2ccccc2)CC1)NS(C)(=O)=O. The van der Waals surface area contributed by atoms with Crippen LogP contribution in [0.25, 0.3) is 0 Å². The molecule has 0 aromatic heterocycles. The number of nitrogens with zero attached hydrogens (tertiary/aromatic N) is 2. The van der Waals surface area contributed by atoms with E-state index in [1.807, 2.05) is 13.0 Å². The second-order valence-corrected chi connectivity index (χ2v) is 7.19. The molecule has 112 valence electrons. The van der Waals surface area contributed by atoms with Crippen molar-refractivity contribution < 1.29 is 8.42 Å². The first kappa shape index (κ1) is 15.3. The van der Waals surface area contributed by atoms with Crippen LogP contribution in [0.4, 0.5) is 5.69 Å². The lowest BCUT2D eigenvalue weighted by atomic mass is 10.2. The summed E-state index contributed by atoms with van der Waals surface area (Å²) in [5.41, 5.74) is 1.26.